The number of halogens is 2. The summed E-state index contributed by atoms with van der Waals surface area (Å²) in [6.07, 6.45) is 0. The molecule has 1 unspecified atom stereocenters. The fourth-order valence-corrected chi connectivity index (χ4v) is 1.85. The quantitative estimate of drug-likeness (QED) is 0.784. The summed E-state index contributed by atoms with van der Waals surface area (Å²) < 4.78 is 11.3. The Bertz CT molecular complexity index is 326. The normalized spacial score (nSPS) is 12.4. The number of methoxy groups -OCH3 is 2. The molecule has 4 heteroatoms. The number of benzene rings is 1. The molecule has 0 aromatic heterocycles. The standard InChI is InChI=1S/C10H12BrClO2/c1-6(12)7-4-10(14-3)8(11)5-9(7)13-2/h4-6H,1-3H3. The average molecular weight is 280 g/mol. The Morgan fingerprint density at radius 2 is 1.79 bits per heavy atom. The molecule has 0 heterocycles. The van der Waals surface area contributed by atoms with Crippen molar-refractivity contribution in [1.29, 1.82) is 0 Å². The summed E-state index contributed by atoms with van der Waals surface area (Å²) in [6, 6.07) is 3.73. The van der Waals surface area contributed by atoms with Gasteiger partial charge >= 0.3 is 0 Å². The van der Waals surface area contributed by atoms with Crippen LogP contribution in [0.5, 0.6) is 11.5 Å². The molecule has 0 fully saturated rings. The molecule has 0 spiro atoms. The highest BCUT2D eigenvalue weighted by atomic mass is 79.9. The maximum Gasteiger partial charge on any atom is 0.133 e. The highest BCUT2D eigenvalue weighted by Crippen LogP contribution is 2.37. The number of ether oxygens (including phenoxy) is 2. The van der Waals surface area contributed by atoms with Crippen molar-refractivity contribution in [3.63, 3.8) is 0 Å². The van der Waals surface area contributed by atoms with Crippen LogP contribution in [0.25, 0.3) is 0 Å². The minimum Gasteiger partial charge on any atom is -0.496 e. The van der Waals surface area contributed by atoms with Crippen LogP contribution in [-0.4, -0.2) is 14.2 Å². The van der Waals surface area contributed by atoms with E-state index in [0.717, 1.165) is 21.5 Å². The SMILES string of the molecule is COc1cc(C(C)Cl)c(OC)cc1Br. The van der Waals surface area contributed by atoms with E-state index in [-0.39, 0.29) is 5.38 Å². The number of hydrogen-bond acceptors (Lipinski definition) is 2. The lowest BCUT2D eigenvalue weighted by Crippen LogP contribution is -1.95. The molecule has 0 aliphatic heterocycles. The minimum absolute atomic E-state index is 0.105. The van der Waals surface area contributed by atoms with Crippen LogP contribution >= 0.6 is 27.5 Å². The Labute approximate surface area is 97.3 Å². The molecule has 78 valence electrons. The Hall–Kier alpha value is -0.410. The Morgan fingerprint density at radius 3 is 2.21 bits per heavy atom. The largest absolute Gasteiger partial charge is 0.496 e. The fraction of sp³-hybridized carbons (Fsp3) is 0.400. The van der Waals surface area contributed by atoms with Gasteiger partial charge in [-0.1, -0.05) is 0 Å². The van der Waals surface area contributed by atoms with Gasteiger partial charge in [0.2, 0.25) is 0 Å². The monoisotopic (exact) mass is 278 g/mol. The van der Waals surface area contributed by atoms with Gasteiger partial charge in [-0.05, 0) is 35.0 Å². The van der Waals surface area contributed by atoms with Crippen molar-refractivity contribution < 1.29 is 9.47 Å². The van der Waals surface area contributed by atoms with Gasteiger partial charge in [0, 0.05) is 5.56 Å². The summed E-state index contributed by atoms with van der Waals surface area (Å²) in [6.45, 7) is 1.90. The number of hydrogen-bond donors (Lipinski definition) is 0. The van der Waals surface area contributed by atoms with E-state index in [1.165, 1.54) is 0 Å². The van der Waals surface area contributed by atoms with Crippen LogP contribution < -0.4 is 9.47 Å². The molecule has 0 aliphatic carbocycles. The molecule has 0 saturated heterocycles. The van der Waals surface area contributed by atoms with Gasteiger partial charge in [0.05, 0.1) is 24.1 Å². The molecule has 14 heavy (non-hydrogen) atoms. The third-order valence-corrected chi connectivity index (χ3v) is 2.79. The smallest absolute Gasteiger partial charge is 0.133 e. The highest BCUT2D eigenvalue weighted by Gasteiger charge is 2.13. The molecule has 0 amide bonds. The molecule has 1 aromatic carbocycles. The first-order valence-electron chi connectivity index (χ1n) is 4.15. The van der Waals surface area contributed by atoms with Crippen molar-refractivity contribution in [3.8, 4) is 11.5 Å². The summed E-state index contributed by atoms with van der Waals surface area (Å²) in [5.41, 5.74) is 0.925. The summed E-state index contributed by atoms with van der Waals surface area (Å²) >= 11 is 9.40. The molecule has 0 saturated carbocycles. The van der Waals surface area contributed by atoms with E-state index in [2.05, 4.69) is 15.9 Å². The van der Waals surface area contributed by atoms with E-state index < -0.39 is 0 Å². The topological polar surface area (TPSA) is 18.5 Å². The molecule has 0 aliphatic rings. The molecule has 0 N–H and O–H groups in total. The Balaban J connectivity index is 3.25. The maximum absolute atomic E-state index is 6.02. The van der Waals surface area contributed by atoms with Crippen LogP contribution in [0.2, 0.25) is 0 Å². The van der Waals surface area contributed by atoms with Crippen molar-refractivity contribution >= 4 is 27.5 Å². The van der Waals surface area contributed by atoms with Gasteiger partial charge in [0.25, 0.3) is 0 Å². The predicted octanol–water partition coefficient (Wildman–Crippen LogP) is 3.77. The molecule has 2 nitrogen and oxygen atoms in total. The molecular weight excluding hydrogens is 267 g/mol. The lowest BCUT2D eigenvalue weighted by Gasteiger charge is -2.13. The van der Waals surface area contributed by atoms with Crippen LogP contribution in [0.3, 0.4) is 0 Å². The van der Waals surface area contributed by atoms with Crippen LogP contribution in [0.4, 0.5) is 0 Å². The van der Waals surface area contributed by atoms with E-state index in [1.54, 1.807) is 14.2 Å². The summed E-state index contributed by atoms with van der Waals surface area (Å²) in [4.78, 5) is 0. The first kappa shape index (κ1) is 11.7. The average Bonchev–Trinajstić information content (AvgIpc) is 2.16. The lowest BCUT2D eigenvalue weighted by atomic mass is 10.1. The van der Waals surface area contributed by atoms with Gasteiger partial charge in [0.1, 0.15) is 11.5 Å². The van der Waals surface area contributed by atoms with Crippen molar-refractivity contribution in [3.05, 3.63) is 22.2 Å². The van der Waals surface area contributed by atoms with Crippen molar-refractivity contribution in [2.75, 3.05) is 14.2 Å². The molecular formula is C10H12BrClO2. The molecule has 0 bridgehead atoms. The van der Waals surface area contributed by atoms with Gasteiger partial charge in [0.15, 0.2) is 0 Å². The third-order valence-electron chi connectivity index (χ3n) is 1.93. The minimum atomic E-state index is -0.105. The lowest BCUT2D eigenvalue weighted by molar-refractivity contribution is 0.396. The zero-order valence-corrected chi connectivity index (χ0v) is 10.6. The van der Waals surface area contributed by atoms with Crippen molar-refractivity contribution in [2.45, 2.75) is 12.3 Å². The predicted molar refractivity (Wildman–Crippen MR) is 61.5 cm³/mol. The summed E-state index contributed by atoms with van der Waals surface area (Å²) in [7, 11) is 3.24. The maximum atomic E-state index is 6.02. The second-order valence-electron chi connectivity index (χ2n) is 2.84. The Morgan fingerprint density at radius 1 is 1.21 bits per heavy atom. The van der Waals surface area contributed by atoms with Crippen molar-refractivity contribution in [2.24, 2.45) is 0 Å². The zero-order chi connectivity index (χ0) is 10.7. The van der Waals surface area contributed by atoms with Gasteiger partial charge in [-0.3, -0.25) is 0 Å². The first-order valence-corrected chi connectivity index (χ1v) is 5.38. The van der Waals surface area contributed by atoms with Gasteiger partial charge < -0.3 is 9.47 Å². The van der Waals surface area contributed by atoms with E-state index in [9.17, 15) is 0 Å². The third kappa shape index (κ3) is 2.34. The van der Waals surface area contributed by atoms with E-state index >= 15 is 0 Å². The van der Waals surface area contributed by atoms with Gasteiger partial charge in [-0.25, -0.2) is 0 Å². The fourth-order valence-electron chi connectivity index (χ4n) is 1.19. The first-order chi connectivity index (χ1) is 6.60. The summed E-state index contributed by atoms with van der Waals surface area (Å²) in [5.74, 6) is 1.52. The van der Waals surface area contributed by atoms with Crippen LogP contribution in [-0.2, 0) is 0 Å². The van der Waals surface area contributed by atoms with E-state index in [0.29, 0.717) is 0 Å². The molecule has 1 rings (SSSR count). The van der Waals surface area contributed by atoms with Gasteiger partial charge in [-0.15, -0.1) is 11.6 Å². The van der Waals surface area contributed by atoms with Crippen LogP contribution in [0.1, 0.15) is 17.9 Å². The summed E-state index contributed by atoms with van der Waals surface area (Å²) in [5, 5.41) is -0.105. The van der Waals surface area contributed by atoms with Crippen LogP contribution in [0.15, 0.2) is 16.6 Å². The van der Waals surface area contributed by atoms with Crippen molar-refractivity contribution in [1.82, 2.24) is 0 Å². The second-order valence-corrected chi connectivity index (χ2v) is 4.35. The van der Waals surface area contributed by atoms with Gasteiger partial charge in [-0.2, -0.15) is 0 Å². The van der Waals surface area contributed by atoms with Crippen LogP contribution in [0, 0.1) is 0 Å². The highest BCUT2D eigenvalue weighted by molar-refractivity contribution is 9.10. The number of alkyl halides is 1. The second kappa shape index (κ2) is 4.89. The number of rotatable bonds is 3. The van der Waals surface area contributed by atoms with E-state index in [1.807, 2.05) is 19.1 Å². The molecule has 0 radical (unpaired) electrons. The zero-order valence-electron chi connectivity index (χ0n) is 8.30. The molecule has 1 aromatic rings. The van der Waals surface area contributed by atoms with E-state index in [4.69, 9.17) is 21.1 Å². The molecule has 1 atom stereocenters. The Kier molecular flexibility index (Phi) is 4.08.